The Kier molecular flexibility index (Phi) is 4.27. The van der Waals surface area contributed by atoms with Gasteiger partial charge in [-0.3, -0.25) is 14.9 Å². The summed E-state index contributed by atoms with van der Waals surface area (Å²) in [4.78, 5) is 20.6. The smallest absolute Gasteiger partial charge is 0.287 e. The SMILES string of the molecule is O=Cc1cc(F)c(Oc2cccc([N+](=O)[O-])c2Br)c(F)c1. The van der Waals surface area contributed by atoms with Crippen LogP contribution >= 0.6 is 15.9 Å². The number of hydrogen-bond acceptors (Lipinski definition) is 4. The summed E-state index contributed by atoms with van der Waals surface area (Å²) in [6.45, 7) is 0. The van der Waals surface area contributed by atoms with Gasteiger partial charge in [0.25, 0.3) is 5.69 Å². The first-order valence-electron chi connectivity index (χ1n) is 5.49. The summed E-state index contributed by atoms with van der Waals surface area (Å²) in [6, 6.07) is 5.43. The average Bonchev–Trinajstić information content (AvgIpc) is 2.43. The third-order valence-corrected chi connectivity index (χ3v) is 3.31. The molecule has 0 unspecified atom stereocenters. The van der Waals surface area contributed by atoms with Crippen LogP contribution in [0.25, 0.3) is 0 Å². The number of nitro groups is 1. The minimum atomic E-state index is -1.09. The number of rotatable bonds is 4. The van der Waals surface area contributed by atoms with Crippen LogP contribution < -0.4 is 4.74 Å². The minimum absolute atomic E-state index is 0.0479. The zero-order chi connectivity index (χ0) is 15.6. The molecule has 0 bridgehead atoms. The maximum absolute atomic E-state index is 13.7. The van der Waals surface area contributed by atoms with E-state index >= 15 is 0 Å². The Morgan fingerprint density at radius 2 is 1.86 bits per heavy atom. The summed E-state index contributed by atoms with van der Waals surface area (Å²) >= 11 is 2.95. The number of carbonyl (C=O) groups excluding carboxylic acids is 1. The Bertz CT molecular complexity index is 713. The highest BCUT2D eigenvalue weighted by Gasteiger charge is 2.19. The molecule has 0 aliphatic rings. The van der Waals surface area contributed by atoms with E-state index in [0.29, 0.717) is 6.29 Å². The summed E-state index contributed by atoms with van der Waals surface area (Å²) in [5, 5.41) is 10.8. The van der Waals surface area contributed by atoms with Crippen LogP contribution in [-0.2, 0) is 0 Å². The standard InChI is InChI=1S/C13H6BrF2NO4/c14-12-10(17(19)20)2-1-3-11(12)21-13-8(15)4-7(6-18)5-9(13)16/h1-6H. The van der Waals surface area contributed by atoms with Gasteiger partial charge in [0.15, 0.2) is 17.4 Å². The number of benzene rings is 2. The van der Waals surface area contributed by atoms with Crippen LogP contribution in [0.2, 0.25) is 0 Å². The monoisotopic (exact) mass is 357 g/mol. The highest BCUT2D eigenvalue weighted by Crippen LogP contribution is 2.38. The lowest BCUT2D eigenvalue weighted by Crippen LogP contribution is -1.97. The molecule has 0 saturated carbocycles. The number of halogens is 3. The lowest BCUT2D eigenvalue weighted by molar-refractivity contribution is -0.385. The fraction of sp³-hybridized carbons (Fsp3) is 0. The van der Waals surface area contributed by atoms with Crippen LogP contribution in [0.1, 0.15) is 10.4 Å². The van der Waals surface area contributed by atoms with Gasteiger partial charge < -0.3 is 4.74 Å². The molecule has 108 valence electrons. The number of nitrogens with zero attached hydrogens (tertiary/aromatic N) is 1. The molecule has 0 atom stereocenters. The molecular weight excluding hydrogens is 352 g/mol. The molecule has 0 fully saturated rings. The second kappa shape index (κ2) is 5.96. The number of ether oxygens (including phenoxy) is 1. The van der Waals surface area contributed by atoms with Crippen molar-refractivity contribution >= 4 is 27.9 Å². The maximum Gasteiger partial charge on any atom is 0.287 e. The molecule has 8 heteroatoms. The van der Waals surface area contributed by atoms with Crippen LogP contribution in [0.5, 0.6) is 11.5 Å². The quantitative estimate of drug-likeness (QED) is 0.466. The Hall–Kier alpha value is -2.35. The summed E-state index contributed by atoms with van der Waals surface area (Å²) in [6.07, 6.45) is 0.291. The molecular formula is C13H6BrF2NO4. The molecule has 0 N–H and O–H groups in total. The molecule has 0 saturated heterocycles. The van der Waals surface area contributed by atoms with E-state index in [9.17, 15) is 23.7 Å². The topological polar surface area (TPSA) is 69.4 Å². The van der Waals surface area contributed by atoms with Gasteiger partial charge in [0.1, 0.15) is 16.5 Å². The number of carbonyl (C=O) groups is 1. The molecule has 5 nitrogen and oxygen atoms in total. The minimum Gasteiger partial charge on any atom is -0.450 e. The van der Waals surface area contributed by atoms with Crippen molar-refractivity contribution in [3.05, 3.63) is 62.1 Å². The van der Waals surface area contributed by atoms with Gasteiger partial charge in [-0.1, -0.05) is 6.07 Å². The molecule has 0 aliphatic carbocycles. The van der Waals surface area contributed by atoms with Crippen molar-refractivity contribution in [1.82, 2.24) is 0 Å². The molecule has 0 aliphatic heterocycles. The molecule has 2 aromatic carbocycles. The number of nitro benzene ring substituents is 1. The van der Waals surface area contributed by atoms with Crippen LogP contribution in [0.4, 0.5) is 14.5 Å². The van der Waals surface area contributed by atoms with Crippen molar-refractivity contribution in [2.75, 3.05) is 0 Å². The van der Waals surface area contributed by atoms with E-state index in [0.717, 1.165) is 12.1 Å². The zero-order valence-corrected chi connectivity index (χ0v) is 11.8. The lowest BCUT2D eigenvalue weighted by Gasteiger charge is -2.10. The van der Waals surface area contributed by atoms with E-state index in [4.69, 9.17) is 4.74 Å². The lowest BCUT2D eigenvalue weighted by atomic mass is 10.2. The Labute approximate surface area is 125 Å². The predicted molar refractivity (Wildman–Crippen MR) is 72.6 cm³/mol. The predicted octanol–water partition coefficient (Wildman–Crippen LogP) is 4.24. The normalized spacial score (nSPS) is 10.2. The van der Waals surface area contributed by atoms with Gasteiger partial charge in [0.05, 0.1) is 4.92 Å². The summed E-state index contributed by atoms with van der Waals surface area (Å²) in [5.74, 6) is -3.05. The van der Waals surface area contributed by atoms with Crippen molar-refractivity contribution in [2.45, 2.75) is 0 Å². The second-order valence-corrected chi connectivity index (χ2v) is 4.67. The number of hydrogen-bond donors (Lipinski definition) is 0. The molecule has 0 radical (unpaired) electrons. The number of aldehydes is 1. The van der Waals surface area contributed by atoms with Gasteiger partial charge >= 0.3 is 0 Å². The third kappa shape index (κ3) is 3.05. The first kappa shape index (κ1) is 15.0. The molecule has 0 heterocycles. The molecule has 2 aromatic rings. The van der Waals surface area contributed by atoms with E-state index in [2.05, 4.69) is 15.9 Å². The van der Waals surface area contributed by atoms with Crippen LogP contribution in [0.3, 0.4) is 0 Å². The van der Waals surface area contributed by atoms with Gasteiger partial charge in [-0.2, -0.15) is 0 Å². The van der Waals surface area contributed by atoms with Gasteiger partial charge in [-0.15, -0.1) is 0 Å². The first-order chi connectivity index (χ1) is 9.93. The molecule has 2 rings (SSSR count). The van der Waals surface area contributed by atoms with Crippen molar-refractivity contribution in [1.29, 1.82) is 0 Å². The van der Waals surface area contributed by atoms with Crippen molar-refractivity contribution in [3.63, 3.8) is 0 Å². The average molecular weight is 358 g/mol. The molecule has 0 amide bonds. The van der Waals surface area contributed by atoms with Crippen molar-refractivity contribution in [2.24, 2.45) is 0 Å². The third-order valence-electron chi connectivity index (χ3n) is 2.51. The highest BCUT2D eigenvalue weighted by atomic mass is 79.9. The Balaban J connectivity index is 2.46. The van der Waals surface area contributed by atoms with Gasteiger partial charge in [0, 0.05) is 11.6 Å². The highest BCUT2D eigenvalue weighted by molar-refractivity contribution is 9.10. The summed E-state index contributed by atoms with van der Waals surface area (Å²) in [7, 11) is 0. The fourth-order valence-corrected chi connectivity index (χ4v) is 2.06. The molecule has 0 spiro atoms. The van der Waals surface area contributed by atoms with E-state index in [1.54, 1.807) is 0 Å². The van der Waals surface area contributed by atoms with Gasteiger partial charge in [-0.05, 0) is 34.1 Å². The van der Waals surface area contributed by atoms with E-state index in [-0.39, 0.29) is 21.5 Å². The summed E-state index contributed by atoms with van der Waals surface area (Å²) in [5.41, 5.74) is -0.492. The first-order valence-corrected chi connectivity index (χ1v) is 6.28. The summed E-state index contributed by atoms with van der Waals surface area (Å²) < 4.78 is 32.4. The van der Waals surface area contributed by atoms with Crippen LogP contribution in [0.15, 0.2) is 34.8 Å². The van der Waals surface area contributed by atoms with E-state index in [1.165, 1.54) is 18.2 Å². The van der Waals surface area contributed by atoms with E-state index < -0.39 is 22.3 Å². The molecule has 0 aromatic heterocycles. The Morgan fingerprint density at radius 3 is 2.38 bits per heavy atom. The largest absolute Gasteiger partial charge is 0.450 e. The second-order valence-electron chi connectivity index (χ2n) is 3.88. The fourth-order valence-electron chi connectivity index (χ4n) is 1.57. The zero-order valence-electron chi connectivity index (χ0n) is 10.2. The Morgan fingerprint density at radius 1 is 1.24 bits per heavy atom. The molecule has 21 heavy (non-hydrogen) atoms. The van der Waals surface area contributed by atoms with Gasteiger partial charge in [-0.25, -0.2) is 8.78 Å². The van der Waals surface area contributed by atoms with Crippen molar-refractivity contribution in [3.8, 4) is 11.5 Å². The van der Waals surface area contributed by atoms with Crippen LogP contribution in [-0.4, -0.2) is 11.2 Å². The van der Waals surface area contributed by atoms with Crippen LogP contribution in [0, 0.1) is 21.7 Å². The van der Waals surface area contributed by atoms with E-state index in [1.807, 2.05) is 0 Å². The maximum atomic E-state index is 13.7. The van der Waals surface area contributed by atoms with Crippen molar-refractivity contribution < 1.29 is 23.2 Å². The van der Waals surface area contributed by atoms with Gasteiger partial charge in [0.2, 0.25) is 0 Å².